The fourth-order valence-electron chi connectivity index (χ4n) is 4.07. The number of nitrogens with two attached hydrogens (primary N) is 1. The standard InChI is InChI=1S/C23H21N5O3/c1-13(2)23(18(12-24)21(25)31-22-20(23)14(3)27-28-22)16-9-15(10-17(11-16)26-4)7-5-6-8-19(29)30/h9-11,13H,6,8,25H2,1-3H3,(H,27,28)(H,29,30). The first-order valence-electron chi connectivity index (χ1n) is 9.63. The number of carboxylic acids is 1. The van der Waals surface area contributed by atoms with Gasteiger partial charge in [-0.25, -0.2) is 4.85 Å². The molecule has 0 aliphatic carbocycles. The number of hydrogen-bond acceptors (Lipinski definition) is 5. The molecule has 0 bridgehead atoms. The molecule has 2 heterocycles. The molecule has 1 aromatic carbocycles. The van der Waals surface area contributed by atoms with E-state index in [1.807, 2.05) is 26.8 Å². The maximum absolute atomic E-state index is 10.7. The number of aryl methyl sites for hydroxylation is 1. The van der Waals surface area contributed by atoms with Gasteiger partial charge in [0.1, 0.15) is 11.6 Å². The third-order valence-electron chi connectivity index (χ3n) is 5.33. The lowest BCUT2D eigenvalue weighted by Crippen LogP contribution is -2.41. The van der Waals surface area contributed by atoms with E-state index >= 15 is 0 Å². The van der Waals surface area contributed by atoms with Gasteiger partial charge in [-0.2, -0.15) is 5.26 Å². The Bertz CT molecular complexity index is 1230. The zero-order valence-electron chi connectivity index (χ0n) is 17.4. The van der Waals surface area contributed by atoms with E-state index in [1.54, 1.807) is 12.1 Å². The minimum atomic E-state index is -0.998. The Kier molecular flexibility index (Phi) is 5.72. The van der Waals surface area contributed by atoms with Crippen molar-refractivity contribution in [3.63, 3.8) is 0 Å². The lowest BCUT2D eigenvalue weighted by atomic mass is 9.61. The molecule has 0 spiro atoms. The van der Waals surface area contributed by atoms with Gasteiger partial charge >= 0.3 is 5.97 Å². The zero-order chi connectivity index (χ0) is 22.8. The lowest BCUT2D eigenvalue weighted by molar-refractivity contribution is -0.136. The van der Waals surface area contributed by atoms with Crippen LogP contribution in [0.15, 0.2) is 29.7 Å². The summed E-state index contributed by atoms with van der Waals surface area (Å²) in [6.07, 6.45) is 0.127. The third kappa shape index (κ3) is 3.58. The summed E-state index contributed by atoms with van der Waals surface area (Å²) in [4.78, 5) is 14.3. The van der Waals surface area contributed by atoms with Crippen molar-refractivity contribution in [3.05, 3.63) is 63.5 Å². The second kappa shape index (κ2) is 8.26. The minimum Gasteiger partial charge on any atom is -0.481 e. The van der Waals surface area contributed by atoms with Gasteiger partial charge in [0.2, 0.25) is 11.8 Å². The molecule has 1 atom stereocenters. The number of aromatic amines is 1. The van der Waals surface area contributed by atoms with Crippen molar-refractivity contribution in [2.24, 2.45) is 11.7 Å². The second-order valence-corrected chi connectivity index (χ2v) is 7.52. The maximum atomic E-state index is 10.7. The van der Waals surface area contributed by atoms with E-state index in [1.165, 1.54) is 0 Å². The number of fused-ring (bicyclic) bond motifs is 1. The van der Waals surface area contributed by atoms with Crippen LogP contribution in [0.2, 0.25) is 0 Å². The molecule has 2 aromatic rings. The van der Waals surface area contributed by atoms with E-state index < -0.39 is 11.4 Å². The number of allylic oxidation sites excluding steroid dienone is 1. The average molecular weight is 415 g/mol. The van der Waals surface area contributed by atoms with Crippen molar-refractivity contribution < 1.29 is 14.6 Å². The van der Waals surface area contributed by atoms with Crippen LogP contribution >= 0.6 is 0 Å². The van der Waals surface area contributed by atoms with Gasteiger partial charge in [-0.05, 0) is 30.5 Å². The molecule has 1 aliphatic rings. The van der Waals surface area contributed by atoms with E-state index in [2.05, 4.69) is 33.0 Å². The number of hydrogen-bond donors (Lipinski definition) is 3. The van der Waals surface area contributed by atoms with Crippen LogP contribution in [-0.2, 0) is 10.2 Å². The van der Waals surface area contributed by atoms with Crippen LogP contribution in [0.4, 0.5) is 5.69 Å². The third-order valence-corrected chi connectivity index (χ3v) is 5.33. The van der Waals surface area contributed by atoms with E-state index in [9.17, 15) is 10.1 Å². The zero-order valence-corrected chi connectivity index (χ0v) is 17.4. The van der Waals surface area contributed by atoms with Crippen molar-refractivity contribution in [2.45, 2.75) is 39.0 Å². The molecule has 31 heavy (non-hydrogen) atoms. The number of H-pyrrole nitrogens is 1. The van der Waals surface area contributed by atoms with Crippen molar-refractivity contribution in [1.82, 2.24) is 10.2 Å². The van der Waals surface area contributed by atoms with Crippen LogP contribution in [0.1, 0.15) is 49.1 Å². The van der Waals surface area contributed by atoms with Gasteiger partial charge < -0.3 is 15.6 Å². The SMILES string of the molecule is [C-]#[N+]c1cc(C#CCCC(=O)O)cc(C2(C(C)C)C(C#N)=C(N)Oc3n[nH]c(C)c32)c1. The van der Waals surface area contributed by atoms with Crippen LogP contribution in [-0.4, -0.2) is 21.3 Å². The molecule has 1 unspecified atom stereocenters. The van der Waals surface area contributed by atoms with Crippen LogP contribution in [0.25, 0.3) is 4.85 Å². The van der Waals surface area contributed by atoms with E-state index in [0.29, 0.717) is 28.3 Å². The van der Waals surface area contributed by atoms with Gasteiger partial charge in [-0.1, -0.05) is 31.8 Å². The Morgan fingerprint density at radius 3 is 2.81 bits per heavy atom. The number of aliphatic carboxylic acids is 1. The van der Waals surface area contributed by atoms with Crippen LogP contribution in [0.3, 0.4) is 0 Å². The molecule has 156 valence electrons. The van der Waals surface area contributed by atoms with Gasteiger partial charge in [-0.3, -0.25) is 9.89 Å². The topological polar surface area (TPSA) is 129 Å². The van der Waals surface area contributed by atoms with Gasteiger partial charge in [0, 0.05) is 17.7 Å². The van der Waals surface area contributed by atoms with Crippen LogP contribution < -0.4 is 10.5 Å². The molecule has 8 heteroatoms. The first-order chi connectivity index (χ1) is 14.7. The minimum absolute atomic E-state index is 0.0301. The molecule has 0 amide bonds. The summed E-state index contributed by atoms with van der Waals surface area (Å²) >= 11 is 0. The number of benzene rings is 1. The highest BCUT2D eigenvalue weighted by Crippen LogP contribution is 2.53. The van der Waals surface area contributed by atoms with Gasteiger partial charge in [0.15, 0.2) is 5.69 Å². The number of rotatable bonds is 4. The predicted octanol–water partition coefficient (Wildman–Crippen LogP) is 3.51. The largest absolute Gasteiger partial charge is 0.481 e. The van der Waals surface area contributed by atoms with Crippen molar-refractivity contribution in [2.75, 3.05) is 0 Å². The van der Waals surface area contributed by atoms with E-state index in [4.69, 9.17) is 22.1 Å². The Balaban J connectivity index is 2.31. The number of carboxylic acid groups (broad SMARTS) is 1. The highest BCUT2D eigenvalue weighted by molar-refractivity contribution is 5.67. The average Bonchev–Trinajstić information content (AvgIpc) is 3.09. The summed E-state index contributed by atoms with van der Waals surface area (Å²) < 4.78 is 5.62. The summed E-state index contributed by atoms with van der Waals surface area (Å²) in [5, 5.41) is 26.0. The molecule has 0 saturated carbocycles. The van der Waals surface area contributed by atoms with Gasteiger partial charge in [-0.15, -0.1) is 5.10 Å². The normalized spacial score (nSPS) is 17.1. The Morgan fingerprint density at radius 1 is 1.45 bits per heavy atom. The molecule has 1 aliphatic heterocycles. The molecule has 3 rings (SSSR count). The molecular formula is C23H21N5O3. The molecule has 0 radical (unpaired) electrons. The summed E-state index contributed by atoms with van der Waals surface area (Å²) in [5.74, 6) is 4.98. The Morgan fingerprint density at radius 2 is 2.19 bits per heavy atom. The van der Waals surface area contributed by atoms with E-state index in [0.717, 1.165) is 5.69 Å². The first kappa shape index (κ1) is 21.5. The molecule has 0 saturated heterocycles. The van der Waals surface area contributed by atoms with Crippen LogP contribution in [0.5, 0.6) is 5.88 Å². The number of ether oxygens (including phenoxy) is 1. The molecular weight excluding hydrogens is 394 g/mol. The summed E-state index contributed by atoms with van der Waals surface area (Å²) in [6.45, 7) is 13.3. The highest BCUT2D eigenvalue weighted by Gasteiger charge is 2.50. The number of carbonyl (C=O) groups is 1. The molecule has 1 aromatic heterocycles. The molecule has 0 fully saturated rings. The number of nitriles is 1. The summed E-state index contributed by atoms with van der Waals surface area (Å²) in [6, 6.07) is 7.39. The fraction of sp³-hybridized carbons (Fsp3) is 0.304. The number of nitrogens with zero attached hydrogens (tertiary/aromatic N) is 3. The quantitative estimate of drug-likeness (QED) is 0.518. The molecule has 8 nitrogen and oxygen atoms in total. The first-order valence-corrected chi connectivity index (χ1v) is 9.63. The maximum Gasteiger partial charge on any atom is 0.304 e. The van der Waals surface area contributed by atoms with Gasteiger partial charge in [0.05, 0.1) is 24.0 Å². The van der Waals surface area contributed by atoms with Crippen LogP contribution in [0, 0.1) is 42.6 Å². The summed E-state index contributed by atoms with van der Waals surface area (Å²) in [5.41, 5.74) is 8.38. The number of aromatic nitrogens is 2. The predicted molar refractivity (Wildman–Crippen MR) is 113 cm³/mol. The number of nitrogens with one attached hydrogen (secondary N) is 1. The lowest BCUT2D eigenvalue weighted by Gasteiger charge is -2.41. The monoisotopic (exact) mass is 415 g/mol. The van der Waals surface area contributed by atoms with Crippen molar-refractivity contribution in [3.8, 4) is 23.8 Å². The van der Waals surface area contributed by atoms with Crippen molar-refractivity contribution >= 4 is 11.7 Å². The molecule has 4 N–H and O–H groups in total. The second-order valence-electron chi connectivity index (χ2n) is 7.52. The summed E-state index contributed by atoms with van der Waals surface area (Å²) in [7, 11) is 0. The van der Waals surface area contributed by atoms with E-state index in [-0.39, 0.29) is 30.2 Å². The Hall–Kier alpha value is -4.22. The smallest absolute Gasteiger partial charge is 0.304 e. The van der Waals surface area contributed by atoms with Gasteiger partial charge in [0.25, 0.3) is 0 Å². The van der Waals surface area contributed by atoms with Crippen molar-refractivity contribution in [1.29, 1.82) is 5.26 Å². The highest BCUT2D eigenvalue weighted by atomic mass is 16.5. The Labute approximate surface area is 180 Å². The fourth-order valence-corrected chi connectivity index (χ4v) is 4.07.